The van der Waals surface area contributed by atoms with Crippen molar-refractivity contribution in [3.63, 3.8) is 0 Å². The Balaban J connectivity index is 1.24. The third kappa shape index (κ3) is 6.94. The van der Waals surface area contributed by atoms with Crippen molar-refractivity contribution in [2.45, 2.75) is 24.7 Å². The molecule has 7 nitrogen and oxygen atoms in total. The summed E-state index contributed by atoms with van der Waals surface area (Å²) in [7, 11) is 1.58. The van der Waals surface area contributed by atoms with Gasteiger partial charge in [-0.15, -0.1) is 5.10 Å². The minimum Gasteiger partial charge on any atom is -0.493 e. The molecular weight excluding hydrogens is 489 g/mol. The molecular formula is C25H25ClFN5O2S. The van der Waals surface area contributed by atoms with Crippen molar-refractivity contribution in [3.05, 3.63) is 88.7 Å². The van der Waals surface area contributed by atoms with Gasteiger partial charge in [-0.3, -0.25) is 0 Å². The second kappa shape index (κ2) is 12.5. The van der Waals surface area contributed by atoms with Crippen LogP contribution in [0, 0.1) is 5.82 Å². The zero-order chi connectivity index (χ0) is 24.5. The first-order valence-corrected chi connectivity index (χ1v) is 12.4. The number of nitrogens with zero attached hydrogens (tertiary/aromatic N) is 4. The van der Waals surface area contributed by atoms with Crippen LogP contribution in [0.1, 0.15) is 17.5 Å². The van der Waals surface area contributed by atoms with E-state index >= 15 is 0 Å². The van der Waals surface area contributed by atoms with Gasteiger partial charge in [0.05, 0.1) is 17.8 Å². The molecule has 0 unspecified atom stereocenters. The smallest absolute Gasteiger partial charge is 0.214 e. The number of aromatic nitrogens is 4. The molecule has 1 aromatic heterocycles. The summed E-state index contributed by atoms with van der Waals surface area (Å²) in [6.07, 6.45) is 0.941. The minimum absolute atomic E-state index is 0.263. The summed E-state index contributed by atoms with van der Waals surface area (Å²) in [5.41, 5.74) is 2.77. The van der Waals surface area contributed by atoms with E-state index in [1.807, 2.05) is 42.5 Å². The summed E-state index contributed by atoms with van der Waals surface area (Å²) < 4.78 is 26.2. The van der Waals surface area contributed by atoms with Gasteiger partial charge < -0.3 is 14.8 Å². The van der Waals surface area contributed by atoms with Gasteiger partial charge in [0.2, 0.25) is 5.16 Å². The molecule has 0 saturated carbocycles. The van der Waals surface area contributed by atoms with E-state index in [2.05, 4.69) is 20.8 Å². The fraction of sp³-hybridized carbons (Fsp3) is 0.240. The van der Waals surface area contributed by atoms with Gasteiger partial charge in [0.15, 0.2) is 11.5 Å². The highest BCUT2D eigenvalue weighted by Gasteiger charge is 2.13. The van der Waals surface area contributed by atoms with Crippen molar-refractivity contribution in [2.24, 2.45) is 0 Å². The van der Waals surface area contributed by atoms with Gasteiger partial charge in [-0.25, -0.2) is 4.39 Å². The Bertz CT molecular complexity index is 1220. The maximum Gasteiger partial charge on any atom is 0.214 e. The SMILES string of the molecule is COc1cc(CNCCCSc2nnnn2-c2ccccc2)cc(Cl)c1OCc1ccc(F)cc1. The molecule has 182 valence electrons. The van der Waals surface area contributed by atoms with Crippen LogP contribution in [0.3, 0.4) is 0 Å². The summed E-state index contributed by atoms with van der Waals surface area (Å²) in [6.45, 7) is 1.72. The summed E-state index contributed by atoms with van der Waals surface area (Å²) in [5, 5.41) is 16.7. The van der Waals surface area contributed by atoms with Crippen LogP contribution in [-0.2, 0) is 13.2 Å². The van der Waals surface area contributed by atoms with Gasteiger partial charge >= 0.3 is 0 Å². The van der Waals surface area contributed by atoms with Crippen LogP contribution in [-0.4, -0.2) is 39.6 Å². The number of hydrogen-bond donors (Lipinski definition) is 1. The van der Waals surface area contributed by atoms with Crippen molar-refractivity contribution >= 4 is 23.4 Å². The number of para-hydroxylation sites is 1. The monoisotopic (exact) mass is 513 g/mol. The number of rotatable bonds is 12. The van der Waals surface area contributed by atoms with Crippen LogP contribution in [0.4, 0.5) is 4.39 Å². The second-order valence-electron chi connectivity index (χ2n) is 7.61. The molecule has 1 heterocycles. The summed E-state index contributed by atoms with van der Waals surface area (Å²) in [5.74, 6) is 1.61. The number of nitrogens with one attached hydrogen (secondary N) is 1. The largest absolute Gasteiger partial charge is 0.493 e. The number of methoxy groups -OCH3 is 1. The van der Waals surface area contributed by atoms with E-state index in [9.17, 15) is 4.39 Å². The van der Waals surface area contributed by atoms with E-state index in [-0.39, 0.29) is 12.4 Å². The number of hydrogen-bond acceptors (Lipinski definition) is 7. The van der Waals surface area contributed by atoms with E-state index in [1.165, 1.54) is 12.1 Å². The first-order chi connectivity index (χ1) is 17.1. The van der Waals surface area contributed by atoms with Gasteiger partial charge in [0, 0.05) is 12.3 Å². The first-order valence-electron chi connectivity index (χ1n) is 11.0. The molecule has 0 aliphatic rings. The van der Waals surface area contributed by atoms with Crippen LogP contribution < -0.4 is 14.8 Å². The first kappa shape index (κ1) is 25.0. The van der Waals surface area contributed by atoms with Crippen molar-refractivity contribution in [2.75, 3.05) is 19.4 Å². The van der Waals surface area contributed by atoms with Gasteiger partial charge in [-0.2, -0.15) is 4.68 Å². The van der Waals surface area contributed by atoms with Gasteiger partial charge in [0.1, 0.15) is 12.4 Å². The zero-order valence-corrected chi connectivity index (χ0v) is 20.7. The van der Waals surface area contributed by atoms with Crippen molar-refractivity contribution < 1.29 is 13.9 Å². The third-order valence-corrected chi connectivity index (χ3v) is 6.37. The minimum atomic E-state index is -0.285. The molecule has 0 aliphatic carbocycles. The van der Waals surface area contributed by atoms with Crippen LogP contribution in [0.5, 0.6) is 11.5 Å². The Labute approximate surface area is 212 Å². The number of ether oxygens (including phenoxy) is 2. The lowest BCUT2D eigenvalue weighted by Crippen LogP contribution is -2.15. The lowest BCUT2D eigenvalue weighted by Gasteiger charge is -2.15. The molecule has 0 atom stereocenters. The number of halogens is 2. The van der Waals surface area contributed by atoms with Gasteiger partial charge in [-0.05, 0) is 70.9 Å². The summed E-state index contributed by atoms with van der Waals surface area (Å²) in [6, 6.07) is 19.7. The van der Waals surface area contributed by atoms with E-state index < -0.39 is 0 Å². The highest BCUT2D eigenvalue weighted by molar-refractivity contribution is 7.99. The number of thioether (sulfide) groups is 1. The van der Waals surface area contributed by atoms with Crippen molar-refractivity contribution in [3.8, 4) is 17.2 Å². The molecule has 0 bridgehead atoms. The molecule has 10 heteroatoms. The number of benzene rings is 3. The molecule has 0 spiro atoms. The predicted octanol–water partition coefficient (Wildman–Crippen LogP) is 5.31. The van der Waals surface area contributed by atoms with E-state index in [4.69, 9.17) is 21.1 Å². The van der Waals surface area contributed by atoms with Gasteiger partial charge in [-0.1, -0.05) is 53.7 Å². The lowest BCUT2D eigenvalue weighted by molar-refractivity contribution is 0.284. The Hall–Kier alpha value is -3.14. The van der Waals surface area contributed by atoms with E-state index in [1.54, 1.807) is 35.7 Å². The number of tetrazole rings is 1. The summed E-state index contributed by atoms with van der Waals surface area (Å²) >= 11 is 8.09. The van der Waals surface area contributed by atoms with Gasteiger partial charge in [0.25, 0.3) is 0 Å². The molecule has 0 aliphatic heterocycles. The Morgan fingerprint density at radius 2 is 1.86 bits per heavy atom. The fourth-order valence-corrected chi connectivity index (χ4v) is 4.46. The maximum atomic E-state index is 13.1. The Morgan fingerprint density at radius 3 is 2.63 bits per heavy atom. The van der Waals surface area contributed by atoms with Crippen LogP contribution in [0.2, 0.25) is 5.02 Å². The molecule has 4 aromatic rings. The average Bonchev–Trinajstić information content (AvgIpc) is 3.35. The maximum absolute atomic E-state index is 13.1. The van der Waals surface area contributed by atoms with Crippen LogP contribution >= 0.6 is 23.4 Å². The van der Waals surface area contributed by atoms with Crippen LogP contribution in [0.15, 0.2) is 71.9 Å². The predicted molar refractivity (Wildman–Crippen MR) is 135 cm³/mol. The highest BCUT2D eigenvalue weighted by atomic mass is 35.5. The Kier molecular flexibility index (Phi) is 8.94. The Morgan fingerprint density at radius 1 is 1.06 bits per heavy atom. The molecule has 0 saturated heterocycles. The standard InChI is InChI=1S/C25H25ClFN5O2S/c1-33-23-15-19(14-22(26)24(23)34-17-18-8-10-20(27)11-9-18)16-28-12-5-13-35-25-29-30-31-32(25)21-6-3-2-4-7-21/h2-4,6-11,14-15,28H,5,12-13,16-17H2,1H3. The molecule has 4 rings (SSSR count). The topological polar surface area (TPSA) is 74.1 Å². The quantitative estimate of drug-likeness (QED) is 0.203. The summed E-state index contributed by atoms with van der Waals surface area (Å²) in [4.78, 5) is 0. The third-order valence-electron chi connectivity index (χ3n) is 5.09. The highest BCUT2D eigenvalue weighted by Crippen LogP contribution is 2.37. The molecule has 3 aromatic carbocycles. The van der Waals surface area contributed by atoms with Crippen molar-refractivity contribution in [1.29, 1.82) is 0 Å². The van der Waals surface area contributed by atoms with E-state index in [0.717, 1.165) is 40.7 Å². The molecule has 35 heavy (non-hydrogen) atoms. The molecule has 0 radical (unpaired) electrons. The normalized spacial score (nSPS) is 10.9. The average molecular weight is 514 g/mol. The lowest BCUT2D eigenvalue weighted by atomic mass is 10.2. The zero-order valence-electron chi connectivity index (χ0n) is 19.2. The van der Waals surface area contributed by atoms with E-state index in [0.29, 0.717) is 23.1 Å². The molecule has 0 amide bonds. The fourth-order valence-electron chi connectivity index (χ4n) is 3.35. The molecule has 0 fully saturated rings. The van der Waals surface area contributed by atoms with Crippen LogP contribution in [0.25, 0.3) is 5.69 Å². The second-order valence-corrected chi connectivity index (χ2v) is 9.08. The van der Waals surface area contributed by atoms with Crippen molar-refractivity contribution in [1.82, 2.24) is 25.5 Å². The molecule has 1 N–H and O–H groups in total.